The lowest BCUT2D eigenvalue weighted by molar-refractivity contribution is 0.0794. The molecule has 2 aromatic rings. The third-order valence-corrected chi connectivity index (χ3v) is 5.52. The molecule has 4 N–H and O–H groups in total. The van der Waals surface area contributed by atoms with E-state index in [4.69, 9.17) is 21.3 Å². The molecule has 0 spiro atoms. The largest absolute Gasteiger partial charge is 0.492 e. The van der Waals surface area contributed by atoms with Crippen LogP contribution in [0.4, 0.5) is 4.39 Å². The average molecular weight is 439 g/mol. The van der Waals surface area contributed by atoms with Crippen molar-refractivity contribution in [1.82, 2.24) is 14.9 Å². The minimum atomic E-state index is -0.534. The maximum Gasteiger partial charge on any atom is 0.258 e. The molecular formula is C23H27FN6O2. The number of halogens is 1. The van der Waals surface area contributed by atoms with Gasteiger partial charge in [-0.15, -0.1) is 0 Å². The van der Waals surface area contributed by atoms with Crippen molar-refractivity contribution in [3.8, 4) is 5.75 Å². The third kappa shape index (κ3) is 4.82. The summed E-state index contributed by atoms with van der Waals surface area (Å²) >= 11 is 0. The fourth-order valence-corrected chi connectivity index (χ4v) is 3.33. The zero-order chi connectivity index (χ0) is 23.6. The number of hydrogen-bond donors (Lipinski definition) is 3. The molecule has 0 unspecified atom stereocenters. The highest BCUT2D eigenvalue weighted by Gasteiger charge is 2.29. The highest BCUT2D eigenvalue weighted by molar-refractivity contribution is 6.38. The Labute approximate surface area is 186 Å². The van der Waals surface area contributed by atoms with Gasteiger partial charge in [0.2, 0.25) is 0 Å². The zero-order valence-electron chi connectivity index (χ0n) is 18.7. The van der Waals surface area contributed by atoms with Crippen molar-refractivity contribution >= 4 is 22.9 Å². The van der Waals surface area contributed by atoms with Gasteiger partial charge in [-0.2, -0.15) is 0 Å². The zero-order valence-corrected chi connectivity index (χ0v) is 18.7. The van der Waals surface area contributed by atoms with Gasteiger partial charge in [0.05, 0.1) is 31.0 Å². The molecule has 8 nitrogen and oxygen atoms in total. The summed E-state index contributed by atoms with van der Waals surface area (Å²) in [4.78, 5) is 23.8. The molecule has 1 aromatic heterocycles. The molecular weight excluding hydrogens is 411 g/mol. The molecule has 1 aliphatic rings. The Kier molecular flexibility index (Phi) is 6.67. The van der Waals surface area contributed by atoms with Crippen LogP contribution in [0.2, 0.25) is 0 Å². The summed E-state index contributed by atoms with van der Waals surface area (Å²) in [5, 5.41) is 15.2. The smallest absolute Gasteiger partial charge is 0.258 e. The first-order chi connectivity index (χ1) is 15.1. The van der Waals surface area contributed by atoms with E-state index < -0.39 is 5.82 Å². The molecule has 0 radical (unpaired) electrons. The van der Waals surface area contributed by atoms with Crippen LogP contribution in [0.25, 0.3) is 5.57 Å². The van der Waals surface area contributed by atoms with Crippen molar-refractivity contribution in [1.29, 1.82) is 10.8 Å². The second-order valence-corrected chi connectivity index (χ2v) is 7.85. The van der Waals surface area contributed by atoms with E-state index in [1.165, 1.54) is 19.1 Å². The van der Waals surface area contributed by atoms with E-state index >= 15 is 0 Å². The van der Waals surface area contributed by atoms with E-state index in [-0.39, 0.29) is 54.8 Å². The van der Waals surface area contributed by atoms with Crippen LogP contribution in [-0.4, -0.2) is 51.9 Å². The van der Waals surface area contributed by atoms with E-state index in [1.807, 2.05) is 20.8 Å². The molecule has 9 heteroatoms. The molecule has 0 atom stereocenters. The van der Waals surface area contributed by atoms with Crippen LogP contribution in [0.3, 0.4) is 0 Å². The van der Waals surface area contributed by atoms with Crippen LogP contribution in [-0.2, 0) is 0 Å². The van der Waals surface area contributed by atoms with Crippen LogP contribution in [0, 0.1) is 37.4 Å². The van der Waals surface area contributed by atoms with Crippen molar-refractivity contribution in [2.75, 3.05) is 19.7 Å². The quantitative estimate of drug-likeness (QED) is 0.572. The molecule has 0 bridgehead atoms. The number of rotatable bonds is 7. The van der Waals surface area contributed by atoms with Crippen molar-refractivity contribution in [3.05, 3.63) is 58.1 Å². The summed E-state index contributed by atoms with van der Waals surface area (Å²) < 4.78 is 19.4. The average Bonchev–Trinajstić information content (AvgIpc) is 3.12. The molecule has 0 saturated heterocycles. The molecule has 0 saturated carbocycles. The van der Waals surface area contributed by atoms with Gasteiger partial charge in [0, 0.05) is 40.9 Å². The van der Waals surface area contributed by atoms with Crippen molar-refractivity contribution < 1.29 is 13.9 Å². The lowest BCUT2D eigenvalue weighted by Gasteiger charge is -2.19. The van der Waals surface area contributed by atoms with Gasteiger partial charge < -0.3 is 26.2 Å². The Hall–Kier alpha value is -3.62. The predicted molar refractivity (Wildman–Crippen MR) is 121 cm³/mol. The van der Waals surface area contributed by atoms with Crippen molar-refractivity contribution in [2.24, 2.45) is 5.73 Å². The summed E-state index contributed by atoms with van der Waals surface area (Å²) in [6, 6.07) is 3.73. The topological polar surface area (TPSA) is 129 Å². The molecule has 3 rings (SSSR count). The summed E-state index contributed by atoms with van der Waals surface area (Å²) in [6.45, 7) is 7.78. The van der Waals surface area contributed by atoms with E-state index in [0.29, 0.717) is 17.1 Å². The molecule has 32 heavy (non-hydrogen) atoms. The Morgan fingerprint density at radius 3 is 2.47 bits per heavy atom. The summed E-state index contributed by atoms with van der Waals surface area (Å²) in [7, 11) is 0. The number of benzene rings is 1. The summed E-state index contributed by atoms with van der Waals surface area (Å²) in [6.07, 6.45) is 0.186. The number of amides is 1. The molecule has 2 heterocycles. The standard InChI is InChI=1S/C23H27FN6O2/c1-12-14(3)28-22(29-15(12)4)18-10-30(11-20(18)27)23(31)17-6-5-16(24)9-21(17)32-8-7-19(26)13(2)25/h5-6,9,25-26H,7-8,10-11,27H2,1-4H3. The SMILES string of the molecule is CC(=N)C(=N)CCOc1cc(F)ccc1C(=O)N1CC(N)=C(c2nc(C)c(C)c(C)n2)C1. The first-order valence-electron chi connectivity index (χ1n) is 10.2. The fourth-order valence-electron chi connectivity index (χ4n) is 3.33. The van der Waals surface area contributed by atoms with Crippen LogP contribution < -0.4 is 10.5 Å². The number of carbonyl (C=O) groups is 1. The second-order valence-electron chi connectivity index (χ2n) is 7.85. The molecule has 168 valence electrons. The highest BCUT2D eigenvalue weighted by atomic mass is 19.1. The number of nitrogens with zero attached hydrogens (tertiary/aromatic N) is 3. The van der Waals surface area contributed by atoms with Crippen LogP contribution >= 0.6 is 0 Å². The normalized spacial score (nSPS) is 13.5. The van der Waals surface area contributed by atoms with Crippen molar-refractivity contribution in [3.63, 3.8) is 0 Å². The number of nitrogens with one attached hydrogen (secondary N) is 2. The number of aromatic nitrogens is 2. The van der Waals surface area contributed by atoms with Gasteiger partial charge in [-0.25, -0.2) is 14.4 Å². The van der Waals surface area contributed by atoms with E-state index in [9.17, 15) is 9.18 Å². The van der Waals surface area contributed by atoms with E-state index in [0.717, 1.165) is 23.0 Å². The van der Waals surface area contributed by atoms with Crippen molar-refractivity contribution in [2.45, 2.75) is 34.1 Å². The predicted octanol–water partition coefficient (Wildman–Crippen LogP) is 3.20. The number of nitrogens with two attached hydrogens (primary N) is 1. The number of carbonyl (C=O) groups excluding carboxylic acids is 1. The van der Waals surface area contributed by atoms with Gasteiger partial charge in [0.1, 0.15) is 11.6 Å². The number of aryl methyl sites for hydroxylation is 2. The van der Waals surface area contributed by atoms with Gasteiger partial charge in [0.15, 0.2) is 5.82 Å². The second kappa shape index (κ2) is 9.25. The Morgan fingerprint density at radius 1 is 1.19 bits per heavy atom. The van der Waals surface area contributed by atoms with Crippen LogP contribution in [0.1, 0.15) is 46.5 Å². The fraction of sp³-hybridized carbons (Fsp3) is 0.348. The summed E-state index contributed by atoms with van der Waals surface area (Å²) in [5.41, 5.74) is 10.6. The molecule has 1 aliphatic heterocycles. The first kappa shape index (κ1) is 23.1. The Balaban J connectivity index is 1.79. The molecule has 0 aliphatic carbocycles. The molecule has 1 aromatic carbocycles. The minimum Gasteiger partial charge on any atom is -0.492 e. The first-order valence-corrected chi connectivity index (χ1v) is 10.2. The maximum atomic E-state index is 13.8. The molecule has 1 amide bonds. The third-order valence-electron chi connectivity index (χ3n) is 5.52. The van der Waals surface area contributed by atoms with E-state index in [1.54, 1.807) is 4.90 Å². The highest BCUT2D eigenvalue weighted by Crippen LogP contribution is 2.28. The van der Waals surface area contributed by atoms with Gasteiger partial charge in [-0.1, -0.05) is 0 Å². The Morgan fingerprint density at radius 2 is 1.84 bits per heavy atom. The maximum absolute atomic E-state index is 13.8. The molecule has 0 fully saturated rings. The minimum absolute atomic E-state index is 0.0557. The van der Waals surface area contributed by atoms with Gasteiger partial charge in [0.25, 0.3) is 5.91 Å². The lowest BCUT2D eigenvalue weighted by Crippen LogP contribution is -2.30. The number of hydrogen-bond acceptors (Lipinski definition) is 7. The number of ether oxygens (including phenoxy) is 1. The van der Waals surface area contributed by atoms with Crippen LogP contribution in [0.5, 0.6) is 5.75 Å². The van der Waals surface area contributed by atoms with Gasteiger partial charge in [-0.3, -0.25) is 4.79 Å². The summed E-state index contributed by atoms with van der Waals surface area (Å²) in [5.74, 6) is -0.282. The lowest BCUT2D eigenvalue weighted by atomic mass is 10.1. The Bertz CT molecular complexity index is 1120. The van der Waals surface area contributed by atoms with Gasteiger partial charge >= 0.3 is 0 Å². The van der Waals surface area contributed by atoms with Gasteiger partial charge in [-0.05, 0) is 45.4 Å². The van der Waals surface area contributed by atoms with Crippen LogP contribution in [0.15, 0.2) is 23.9 Å². The monoisotopic (exact) mass is 438 g/mol. The van der Waals surface area contributed by atoms with E-state index in [2.05, 4.69) is 9.97 Å².